The average molecular weight is 406 g/mol. The SMILES string of the molecule is COC(=O)c1ccc(C(=O)OC)c(NC(=O)CN2C(=O)SC(=C(C)C)C2=O)c1. The fourth-order valence-corrected chi connectivity index (χ4v) is 3.19. The van der Waals surface area contributed by atoms with Gasteiger partial charge in [0.25, 0.3) is 11.1 Å². The maximum Gasteiger partial charge on any atom is 0.339 e. The van der Waals surface area contributed by atoms with E-state index in [1.54, 1.807) is 13.8 Å². The van der Waals surface area contributed by atoms with Gasteiger partial charge in [0.05, 0.1) is 35.9 Å². The molecule has 0 radical (unpaired) electrons. The van der Waals surface area contributed by atoms with Crippen molar-refractivity contribution in [3.63, 3.8) is 0 Å². The first-order chi connectivity index (χ1) is 13.2. The third-order valence-corrected chi connectivity index (χ3v) is 4.91. The third kappa shape index (κ3) is 4.39. The molecule has 1 fully saturated rings. The molecule has 0 saturated carbocycles. The molecule has 3 amide bonds. The van der Waals surface area contributed by atoms with Crippen LogP contribution >= 0.6 is 11.8 Å². The Morgan fingerprint density at radius 2 is 1.71 bits per heavy atom. The molecule has 148 valence electrons. The van der Waals surface area contributed by atoms with Crippen LogP contribution in [0.5, 0.6) is 0 Å². The molecule has 2 rings (SSSR count). The third-order valence-electron chi connectivity index (χ3n) is 3.73. The highest BCUT2D eigenvalue weighted by molar-refractivity contribution is 8.18. The summed E-state index contributed by atoms with van der Waals surface area (Å²) in [6, 6.07) is 3.90. The lowest BCUT2D eigenvalue weighted by atomic mass is 10.1. The second kappa shape index (κ2) is 8.70. The van der Waals surface area contributed by atoms with Gasteiger partial charge in [0.15, 0.2) is 0 Å². The zero-order chi connectivity index (χ0) is 21.0. The molecule has 9 nitrogen and oxygen atoms in total. The fourth-order valence-electron chi connectivity index (χ4n) is 2.36. The number of rotatable bonds is 5. The maximum absolute atomic E-state index is 12.4. The lowest BCUT2D eigenvalue weighted by Crippen LogP contribution is -2.36. The second-order valence-electron chi connectivity index (χ2n) is 5.88. The van der Waals surface area contributed by atoms with Crippen LogP contribution in [0, 0.1) is 0 Å². The van der Waals surface area contributed by atoms with E-state index in [1.165, 1.54) is 32.4 Å². The molecule has 1 aromatic rings. The van der Waals surface area contributed by atoms with Crippen molar-refractivity contribution in [3.05, 3.63) is 39.8 Å². The molecule has 0 spiro atoms. The monoisotopic (exact) mass is 406 g/mol. The summed E-state index contributed by atoms with van der Waals surface area (Å²) in [5, 5.41) is 1.88. The predicted molar refractivity (Wildman–Crippen MR) is 101 cm³/mol. The Hall–Kier alpha value is -3.14. The van der Waals surface area contributed by atoms with Crippen LogP contribution in [-0.2, 0) is 19.1 Å². The van der Waals surface area contributed by atoms with Crippen molar-refractivity contribution >= 4 is 46.4 Å². The minimum Gasteiger partial charge on any atom is -0.465 e. The molecule has 1 aliphatic rings. The summed E-state index contributed by atoms with van der Waals surface area (Å²) in [5.41, 5.74) is 0.766. The molecule has 1 aromatic carbocycles. The maximum atomic E-state index is 12.4. The molecule has 1 saturated heterocycles. The summed E-state index contributed by atoms with van der Waals surface area (Å²) in [5.74, 6) is -2.67. The first kappa shape index (κ1) is 21.2. The van der Waals surface area contributed by atoms with Crippen LogP contribution in [0.25, 0.3) is 0 Å². The first-order valence-electron chi connectivity index (χ1n) is 8.01. The molecule has 0 atom stereocenters. The number of amides is 3. The number of thioether (sulfide) groups is 1. The summed E-state index contributed by atoms with van der Waals surface area (Å²) < 4.78 is 9.28. The molecule has 1 N–H and O–H groups in total. The Kier molecular flexibility index (Phi) is 6.57. The van der Waals surface area contributed by atoms with E-state index in [4.69, 9.17) is 0 Å². The lowest BCUT2D eigenvalue weighted by molar-refractivity contribution is -0.127. The van der Waals surface area contributed by atoms with Gasteiger partial charge in [-0.3, -0.25) is 19.3 Å². The van der Waals surface area contributed by atoms with Crippen molar-refractivity contribution in [1.29, 1.82) is 0 Å². The molecule has 0 aliphatic carbocycles. The first-order valence-corrected chi connectivity index (χ1v) is 8.83. The predicted octanol–water partition coefficient (Wildman–Crippen LogP) is 2.19. The van der Waals surface area contributed by atoms with E-state index in [1.807, 2.05) is 0 Å². The van der Waals surface area contributed by atoms with Crippen molar-refractivity contribution in [2.75, 3.05) is 26.1 Å². The zero-order valence-electron chi connectivity index (χ0n) is 15.7. The highest BCUT2D eigenvalue weighted by atomic mass is 32.2. The van der Waals surface area contributed by atoms with Crippen LogP contribution in [-0.4, -0.2) is 54.7 Å². The van der Waals surface area contributed by atoms with Crippen molar-refractivity contribution < 1.29 is 33.4 Å². The van der Waals surface area contributed by atoms with Crippen LogP contribution in [0.3, 0.4) is 0 Å². The van der Waals surface area contributed by atoms with E-state index < -0.39 is 35.5 Å². The van der Waals surface area contributed by atoms with Crippen LogP contribution in [0.15, 0.2) is 28.7 Å². The Balaban J connectivity index is 2.26. The summed E-state index contributed by atoms with van der Waals surface area (Å²) >= 11 is 0.761. The number of nitrogens with one attached hydrogen (secondary N) is 1. The number of allylic oxidation sites excluding steroid dienone is 1. The van der Waals surface area contributed by atoms with Gasteiger partial charge in [-0.25, -0.2) is 9.59 Å². The molecule has 0 bridgehead atoms. The minimum absolute atomic E-state index is 0.00180. The Labute approximate surface area is 165 Å². The topological polar surface area (TPSA) is 119 Å². The number of methoxy groups -OCH3 is 2. The van der Waals surface area contributed by atoms with E-state index in [-0.39, 0.29) is 21.7 Å². The number of hydrogen-bond acceptors (Lipinski definition) is 8. The van der Waals surface area contributed by atoms with Gasteiger partial charge in [0, 0.05) is 0 Å². The number of nitrogens with zero attached hydrogens (tertiary/aromatic N) is 1. The van der Waals surface area contributed by atoms with Gasteiger partial charge in [-0.05, 0) is 43.8 Å². The number of hydrogen-bond donors (Lipinski definition) is 1. The van der Waals surface area contributed by atoms with E-state index in [0.29, 0.717) is 5.57 Å². The molecular weight excluding hydrogens is 388 g/mol. The highest BCUT2D eigenvalue weighted by Gasteiger charge is 2.37. The van der Waals surface area contributed by atoms with Gasteiger partial charge in [-0.2, -0.15) is 0 Å². The largest absolute Gasteiger partial charge is 0.465 e. The number of ether oxygens (including phenoxy) is 2. The Morgan fingerprint density at radius 3 is 2.25 bits per heavy atom. The second-order valence-corrected chi connectivity index (χ2v) is 6.84. The Morgan fingerprint density at radius 1 is 1.07 bits per heavy atom. The van der Waals surface area contributed by atoms with Crippen LogP contribution in [0.4, 0.5) is 10.5 Å². The molecule has 28 heavy (non-hydrogen) atoms. The van der Waals surface area contributed by atoms with Gasteiger partial charge in [0.1, 0.15) is 6.54 Å². The van der Waals surface area contributed by atoms with Gasteiger partial charge in [-0.1, -0.05) is 5.57 Å². The molecule has 10 heteroatoms. The Bertz CT molecular complexity index is 903. The number of benzene rings is 1. The van der Waals surface area contributed by atoms with Crippen molar-refractivity contribution in [1.82, 2.24) is 4.90 Å². The lowest BCUT2D eigenvalue weighted by Gasteiger charge is -2.15. The summed E-state index contributed by atoms with van der Waals surface area (Å²) in [6.07, 6.45) is 0. The standard InChI is InChI=1S/C18H18N2O7S/c1-9(2)14-15(22)20(18(25)28-14)8-13(21)19-12-7-10(16(23)26-3)5-6-11(12)17(24)27-4/h5-7H,8H2,1-4H3,(H,19,21). The van der Waals surface area contributed by atoms with Crippen molar-refractivity contribution in [2.24, 2.45) is 0 Å². The quantitative estimate of drug-likeness (QED) is 0.584. The number of carbonyl (C=O) groups is 5. The molecule has 1 heterocycles. The van der Waals surface area contributed by atoms with E-state index in [0.717, 1.165) is 16.7 Å². The van der Waals surface area contributed by atoms with Gasteiger partial charge >= 0.3 is 11.9 Å². The summed E-state index contributed by atoms with van der Waals surface area (Å²) in [6.45, 7) is 2.85. The average Bonchev–Trinajstić information content (AvgIpc) is 2.95. The van der Waals surface area contributed by atoms with E-state index in [2.05, 4.69) is 14.8 Å². The highest BCUT2D eigenvalue weighted by Crippen LogP contribution is 2.32. The van der Waals surface area contributed by atoms with Gasteiger partial charge < -0.3 is 14.8 Å². The van der Waals surface area contributed by atoms with Crippen LogP contribution in [0.1, 0.15) is 34.6 Å². The molecule has 1 aliphatic heterocycles. The molecule has 0 aromatic heterocycles. The van der Waals surface area contributed by atoms with Crippen LogP contribution < -0.4 is 5.32 Å². The smallest absolute Gasteiger partial charge is 0.339 e. The zero-order valence-corrected chi connectivity index (χ0v) is 16.5. The normalized spacial score (nSPS) is 13.4. The van der Waals surface area contributed by atoms with Crippen molar-refractivity contribution in [2.45, 2.75) is 13.8 Å². The number of anilines is 1. The van der Waals surface area contributed by atoms with Crippen molar-refractivity contribution in [3.8, 4) is 0 Å². The minimum atomic E-state index is -0.734. The molecule has 0 unspecified atom stereocenters. The van der Waals surface area contributed by atoms with Crippen LogP contribution in [0.2, 0.25) is 0 Å². The number of esters is 2. The van der Waals surface area contributed by atoms with Gasteiger partial charge in [0.2, 0.25) is 5.91 Å². The number of imide groups is 1. The summed E-state index contributed by atoms with van der Waals surface area (Å²) in [4.78, 5) is 61.4. The summed E-state index contributed by atoms with van der Waals surface area (Å²) in [7, 11) is 2.36. The fraction of sp³-hybridized carbons (Fsp3) is 0.278. The van der Waals surface area contributed by atoms with E-state index in [9.17, 15) is 24.0 Å². The molecular formula is C18H18N2O7S. The number of carbonyl (C=O) groups excluding carboxylic acids is 5. The van der Waals surface area contributed by atoms with E-state index >= 15 is 0 Å². The van der Waals surface area contributed by atoms with Gasteiger partial charge in [-0.15, -0.1) is 0 Å².